The topological polar surface area (TPSA) is 73.0 Å². The number of amides is 3. The summed E-state index contributed by atoms with van der Waals surface area (Å²) in [6.07, 6.45) is -0.747. The van der Waals surface area contributed by atoms with Crippen LogP contribution in [0, 0.1) is 5.41 Å². The summed E-state index contributed by atoms with van der Waals surface area (Å²) in [6.45, 7) is 2.55. The zero-order chi connectivity index (χ0) is 23.8. The second kappa shape index (κ2) is 9.23. The number of halogens is 4. The van der Waals surface area contributed by atoms with Gasteiger partial charge in [0.25, 0.3) is 0 Å². The van der Waals surface area contributed by atoms with Gasteiger partial charge in [0.2, 0.25) is 17.7 Å². The maximum absolute atomic E-state index is 13.0. The molecule has 0 radical (unpaired) electrons. The van der Waals surface area contributed by atoms with Crippen molar-refractivity contribution in [2.24, 2.45) is 5.41 Å². The van der Waals surface area contributed by atoms with Gasteiger partial charge in [-0.2, -0.15) is 13.2 Å². The van der Waals surface area contributed by atoms with Crippen LogP contribution in [0.4, 0.5) is 18.9 Å². The Kier molecular flexibility index (Phi) is 6.70. The predicted molar refractivity (Wildman–Crippen MR) is 115 cm³/mol. The van der Waals surface area contributed by atoms with Crippen LogP contribution in [-0.4, -0.2) is 71.8 Å². The average molecular weight is 487 g/mol. The van der Waals surface area contributed by atoms with Gasteiger partial charge in [-0.3, -0.25) is 29.1 Å². The Labute approximate surface area is 194 Å². The SMILES string of the molecule is O=C(CN1CCN(CN2C(=O)CC3(CCCC3)C2=O)CC1)Nc1ccc(Cl)c(C(F)(F)F)c1. The number of rotatable bonds is 5. The van der Waals surface area contributed by atoms with E-state index >= 15 is 0 Å². The van der Waals surface area contributed by atoms with Crippen molar-refractivity contribution < 1.29 is 27.6 Å². The van der Waals surface area contributed by atoms with Crippen LogP contribution in [0.5, 0.6) is 0 Å². The Morgan fingerprint density at radius 2 is 1.70 bits per heavy atom. The average Bonchev–Trinajstić information content (AvgIpc) is 3.30. The molecule has 0 bridgehead atoms. The van der Waals surface area contributed by atoms with Crippen LogP contribution in [0.3, 0.4) is 0 Å². The molecule has 2 aliphatic heterocycles. The van der Waals surface area contributed by atoms with Crippen LogP contribution in [0.25, 0.3) is 0 Å². The van der Waals surface area contributed by atoms with E-state index in [4.69, 9.17) is 11.6 Å². The van der Waals surface area contributed by atoms with Crippen LogP contribution in [0.1, 0.15) is 37.7 Å². The number of anilines is 1. The Morgan fingerprint density at radius 1 is 1.06 bits per heavy atom. The number of nitrogens with zero attached hydrogens (tertiary/aromatic N) is 3. The first-order valence-corrected chi connectivity index (χ1v) is 11.4. The molecule has 0 atom stereocenters. The van der Waals surface area contributed by atoms with Gasteiger partial charge < -0.3 is 5.32 Å². The normalized spacial score (nSPS) is 21.9. The van der Waals surface area contributed by atoms with Crippen molar-refractivity contribution in [3.63, 3.8) is 0 Å². The third-order valence-electron chi connectivity index (χ3n) is 6.78. The zero-order valence-corrected chi connectivity index (χ0v) is 18.8. The molecule has 3 amide bonds. The van der Waals surface area contributed by atoms with Gasteiger partial charge in [0.05, 0.1) is 29.2 Å². The van der Waals surface area contributed by atoms with Crippen molar-refractivity contribution in [3.05, 3.63) is 28.8 Å². The predicted octanol–water partition coefficient (Wildman–Crippen LogP) is 3.19. The highest BCUT2D eigenvalue weighted by Gasteiger charge is 2.52. The van der Waals surface area contributed by atoms with E-state index in [2.05, 4.69) is 5.32 Å². The Balaban J connectivity index is 1.26. The van der Waals surface area contributed by atoms with Crippen LogP contribution < -0.4 is 5.32 Å². The number of likely N-dealkylation sites (tertiary alicyclic amines) is 1. The largest absolute Gasteiger partial charge is 0.417 e. The molecule has 3 aliphatic rings. The smallest absolute Gasteiger partial charge is 0.325 e. The van der Waals surface area contributed by atoms with Crippen molar-refractivity contribution in [1.29, 1.82) is 0 Å². The monoisotopic (exact) mass is 486 g/mol. The summed E-state index contributed by atoms with van der Waals surface area (Å²) in [4.78, 5) is 42.9. The quantitative estimate of drug-likeness (QED) is 0.647. The van der Waals surface area contributed by atoms with Gasteiger partial charge >= 0.3 is 6.18 Å². The van der Waals surface area contributed by atoms with Gasteiger partial charge in [0.15, 0.2) is 0 Å². The molecule has 7 nitrogen and oxygen atoms in total. The molecule has 2 saturated heterocycles. The van der Waals surface area contributed by atoms with Crippen molar-refractivity contribution in [3.8, 4) is 0 Å². The fourth-order valence-electron chi connectivity index (χ4n) is 4.96. The lowest BCUT2D eigenvalue weighted by Crippen LogP contribution is -2.52. The number of hydrogen-bond donors (Lipinski definition) is 1. The van der Waals surface area contributed by atoms with Gasteiger partial charge in [-0.1, -0.05) is 24.4 Å². The van der Waals surface area contributed by atoms with Gasteiger partial charge in [0.1, 0.15) is 0 Å². The van der Waals surface area contributed by atoms with E-state index in [0.717, 1.165) is 37.8 Å². The van der Waals surface area contributed by atoms with Crippen molar-refractivity contribution in [2.75, 3.05) is 44.7 Å². The first-order valence-electron chi connectivity index (χ1n) is 11.0. The lowest BCUT2D eigenvalue weighted by Gasteiger charge is -2.36. The summed E-state index contributed by atoms with van der Waals surface area (Å²) in [5, 5.41) is 2.06. The summed E-state index contributed by atoms with van der Waals surface area (Å²) in [5.41, 5.74) is -1.45. The Hall–Kier alpha value is -2.17. The van der Waals surface area contributed by atoms with E-state index < -0.39 is 28.1 Å². The molecule has 1 N–H and O–H groups in total. The van der Waals surface area contributed by atoms with E-state index in [9.17, 15) is 27.6 Å². The van der Waals surface area contributed by atoms with E-state index in [1.54, 1.807) is 0 Å². The molecule has 1 saturated carbocycles. The molecule has 1 aromatic carbocycles. The zero-order valence-electron chi connectivity index (χ0n) is 18.1. The van der Waals surface area contributed by atoms with E-state index in [-0.39, 0.29) is 30.7 Å². The first kappa shape index (κ1) is 24.0. The number of benzene rings is 1. The molecular weight excluding hydrogens is 461 g/mol. The molecule has 180 valence electrons. The van der Waals surface area contributed by atoms with Crippen molar-refractivity contribution in [2.45, 2.75) is 38.3 Å². The number of alkyl halides is 3. The lowest BCUT2D eigenvalue weighted by atomic mass is 9.85. The molecule has 2 heterocycles. The van der Waals surface area contributed by atoms with Gasteiger partial charge in [0, 0.05) is 38.3 Å². The number of imide groups is 1. The maximum Gasteiger partial charge on any atom is 0.417 e. The molecule has 1 spiro atoms. The second-order valence-electron chi connectivity index (χ2n) is 9.07. The number of carbonyl (C=O) groups excluding carboxylic acids is 3. The third kappa shape index (κ3) is 5.17. The van der Waals surface area contributed by atoms with Crippen molar-refractivity contribution >= 4 is 35.0 Å². The molecule has 1 aromatic rings. The molecule has 0 unspecified atom stereocenters. The standard InChI is InChI=1S/C22H26ClF3N4O3/c23-17-4-3-15(11-16(17)22(24,25)26)27-18(31)13-28-7-9-29(10-8-28)14-30-19(32)12-21(20(30)33)5-1-2-6-21/h3-4,11H,1-2,5-10,12-14H2,(H,27,31). The Morgan fingerprint density at radius 3 is 2.33 bits per heavy atom. The molecule has 0 aromatic heterocycles. The van der Waals surface area contributed by atoms with Crippen LogP contribution in [-0.2, 0) is 20.6 Å². The molecule has 33 heavy (non-hydrogen) atoms. The fourth-order valence-corrected chi connectivity index (χ4v) is 5.18. The van der Waals surface area contributed by atoms with Crippen LogP contribution in [0.2, 0.25) is 5.02 Å². The number of piperazine rings is 1. The number of hydrogen-bond acceptors (Lipinski definition) is 5. The third-order valence-corrected chi connectivity index (χ3v) is 7.11. The summed E-state index contributed by atoms with van der Waals surface area (Å²) < 4.78 is 39.0. The second-order valence-corrected chi connectivity index (χ2v) is 9.47. The minimum Gasteiger partial charge on any atom is -0.325 e. The van der Waals surface area contributed by atoms with E-state index in [1.807, 2.05) is 9.80 Å². The highest BCUT2D eigenvalue weighted by atomic mass is 35.5. The van der Waals surface area contributed by atoms with Gasteiger partial charge in [-0.05, 0) is 31.0 Å². The fraction of sp³-hybridized carbons (Fsp3) is 0.591. The van der Waals surface area contributed by atoms with E-state index in [0.29, 0.717) is 32.6 Å². The molecule has 4 rings (SSSR count). The molecule has 1 aliphatic carbocycles. The lowest BCUT2D eigenvalue weighted by molar-refractivity contribution is -0.144. The number of nitrogens with one attached hydrogen (secondary N) is 1. The molecule has 11 heteroatoms. The van der Waals surface area contributed by atoms with Crippen LogP contribution in [0.15, 0.2) is 18.2 Å². The summed E-state index contributed by atoms with van der Waals surface area (Å²) in [7, 11) is 0. The highest BCUT2D eigenvalue weighted by molar-refractivity contribution is 6.31. The summed E-state index contributed by atoms with van der Waals surface area (Å²) in [6, 6.07) is 3.25. The van der Waals surface area contributed by atoms with Gasteiger partial charge in [-0.15, -0.1) is 0 Å². The van der Waals surface area contributed by atoms with Crippen molar-refractivity contribution in [1.82, 2.24) is 14.7 Å². The Bertz CT molecular complexity index is 941. The minimum absolute atomic E-state index is 0.0299. The van der Waals surface area contributed by atoms with E-state index in [1.165, 1.54) is 11.0 Å². The molecule has 3 fully saturated rings. The van der Waals surface area contributed by atoms with Gasteiger partial charge in [-0.25, -0.2) is 0 Å². The summed E-state index contributed by atoms with van der Waals surface area (Å²) in [5.74, 6) is -0.579. The molecular formula is C22H26ClF3N4O3. The minimum atomic E-state index is -4.61. The number of carbonyl (C=O) groups is 3. The summed E-state index contributed by atoms with van der Waals surface area (Å²) >= 11 is 5.61. The van der Waals surface area contributed by atoms with Crippen LogP contribution >= 0.6 is 11.6 Å². The highest BCUT2D eigenvalue weighted by Crippen LogP contribution is 2.46. The first-order chi connectivity index (χ1) is 15.6. The maximum atomic E-state index is 13.0.